The number of nitrogens with one attached hydrogen (secondary N) is 1. The van der Waals surface area contributed by atoms with Crippen LogP contribution in [0.4, 0.5) is 0 Å². The molecular weight excluding hydrogens is 246 g/mol. The fraction of sp³-hybridized carbons (Fsp3) is 0.667. The highest BCUT2D eigenvalue weighted by Gasteiger charge is 2.17. The molecule has 1 atom stereocenters. The third kappa shape index (κ3) is 4.60. The average molecular weight is 275 g/mol. The summed E-state index contributed by atoms with van der Waals surface area (Å²) in [5.74, 6) is 0. The molecule has 1 unspecified atom stereocenters. The van der Waals surface area contributed by atoms with Crippen LogP contribution in [0.2, 0.25) is 0 Å². The first-order valence-electron chi connectivity index (χ1n) is 7.96. The summed E-state index contributed by atoms with van der Waals surface area (Å²) in [7, 11) is 0. The Balaban J connectivity index is 1.96. The second-order valence-corrected chi connectivity index (χ2v) is 6.84. The molecule has 0 aliphatic heterocycles. The van der Waals surface area contributed by atoms with Crippen molar-refractivity contribution in [3.63, 3.8) is 0 Å². The lowest BCUT2D eigenvalue weighted by atomic mass is 10.0. The lowest BCUT2D eigenvalue weighted by Gasteiger charge is -2.25. The minimum Gasteiger partial charge on any atom is -0.374 e. The molecule has 0 saturated carbocycles. The first kappa shape index (κ1) is 15.5. The standard InChI is InChI=1S/C18H29NO/c1-5-19-17(13-20-18(2,3)4)12-14-9-10-15-7-6-8-16(15)11-14/h9-11,17,19H,5-8,12-13H2,1-4H3. The Bertz CT molecular complexity index is 434. The third-order valence-electron chi connectivity index (χ3n) is 3.86. The average Bonchev–Trinajstić information content (AvgIpc) is 2.82. The van der Waals surface area contributed by atoms with Crippen molar-refractivity contribution in [2.45, 2.75) is 65.0 Å². The fourth-order valence-corrected chi connectivity index (χ4v) is 2.87. The number of benzene rings is 1. The molecule has 1 aliphatic carbocycles. The Labute approximate surface area is 123 Å². The van der Waals surface area contributed by atoms with Crippen molar-refractivity contribution < 1.29 is 4.74 Å². The van der Waals surface area contributed by atoms with Gasteiger partial charge in [-0.25, -0.2) is 0 Å². The van der Waals surface area contributed by atoms with Crippen LogP contribution >= 0.6 is 0 Å². The second kappa shape index (κ2) is 6.73. The first-order chi connectivity index (χ1) is 9.48. The molecule has 0 bridgehead atoms. The molecule has 0 saturated heterocycles. The minimum atomic E-state index is -0.0639. The molecule has 2 nitrogen and oxygen atoms in total. The molecule has 20 heavy (non-hydrogen) atoms. The van der Waals surface area contributed by atoms with E-state index >= 15 is 0 Å². The van der Waals surface area contributed by atoms with Gasteiger partial charge in [-0.2, -0.15) is 0 Å². The van der Waals surface area contributed by atoms with Crippen LogP contribution in [-0.4, -0.2) is 24.8 Å². The van der Waals surface area contributed by atoms with Crippen LogP contribution < -0.4 is 5.32 Å². The van der Waals surface area contributed by atoms with Crippen LogP contribution in [-0.2, 0) is 24.0 Å². The van der Waals surface area contributed by atoms with Crippen LogP contribution in [0.25, 0.3) is 0 Å². The summed E-state index contributed by atoms with van der Waals surface area (Å²) in [5, 5.41) is 3.55. The maximum absolute atomic E-state index is 5.95. The SMILES string of the molecule is CCNC(COC(C)(C)C)Cc1ccc2c(c1)CCC2. The Morgan fingerprint density at radius 1 is 1.20 bits per heavy atom. The molecule has 112 valence electrons. The highest BCUT2D eigenvalue weighted by atomic mass is 16.5. The molecule has 1 aliphatic rings. The van der Waals surface area contributed by atoms with Crippen LogP contribution in [0, 0.1) is 0 Å². The van der Waals surface area contributed by atoms with Crippen LogP contribution in [0.1, 0.15) is 50.8 Å². The maximum atomic E-state index is 5.95. The largest absolute Gasteiger partial charge is 0.374 e. The summed E-state index contributed by atoms with van der Waals surface area (Å²) < 4.78 is 5.95. The molecular formula is C18H29NO. The van der Waals surface area contributed by atoms with Gasteiger partial charge in [-0.1, -0.05) is 25.1 Å². The van der Waals surface area contributed by atoms with Crippen molar-refractivity contribution in [2.24, 2.45) is 0 Å². The topological polar surface area (TPSA) is 21.3 Å². The predicted molar refractivity (Wildman–Crippen MR) is 85.3 cm³/mol. The maximum Gasteiger partial charge on any atom is 0.0629 e. The lowest BCUT2D eigenvalue weighted by Crippen LogP contribution is -2.38. The Morgan fingerprint density at radius 3 is 2.65 bits per heavy atom. The minimum absolute atomic E-state index is 0.0639. The molecule has 0 fully saturated rings. The van der Waals surface area contributed by atoms with Gasteiger partial charge in [-0.3, -0.25) is 0 Å². The summed E-state index contributed by atoms with van der Waals surface area (Å²) in [6.07, 6.45) is 4.90. The molecule has 0 spiro atoms. The number of hydrogen-bond donors (Lipinski definition) is 1. The van der Waals surface area contributed by atoms with Crippen molar-refractivity contribution in [3.05, 3.63) is 34.9 Å². The summed E-state index contributed by atoms with van der Waals surface area (Å²) in [6, 6.07) is 7.43. The van der Waals surface area contributed by atoms with Gasteiger partial charge in [-0.15, -0.1) is 0 Å². The van der Waals surface area contributed by atoms with Gasteiger partial charge in [0, 0.05) is 6.04 Å². The Hall–Kier alpha value is -0.860. The van der Waals surface area contributed by atoms with Crippen molar-refractivity contribution in [1.29, 1.82) is 0 Å². The lowest BCUT2D eigenvalue weighted by molar-refractivity contribution is -0.0141. The summed E-state index contributed by atoms with van der Waals surface area (Å²) in [5.41, 5.74) is 4.49. The van der Waals surface area contributed by atoms with E-state index < -0.39 is 0 Å². The Morgan fingerprint density at radius 2 is 1.95 bits per heavy atom. The fourth-order valence-electron chi connectivity index (χ4n) is 2.87. The van der Waals surface area contributed by atoms with Crippen molar-refractivity contribution in [1.82, 2.24) is 5.32 Å². The molecule has 0 heterocycles. The van der Waals surface area contributed by atoms with Crippen LogP contribution in [0.15, 0.2) is 18.2 Å². The number of rotatable bonds is 6. The molecule has 2 heteroatoms. The number of hydrogen-bond acceptors (Lipinski definition) is 2. The normalized spacial score (nSPS) is 16.2. The molecule has 0 radical (unpaired) electrons. The van der Waals surface area contributed by atoms with E-state index in [1.807, 2.05) is 0 Å². The van der Waals surface area contributed by atoms with Gasteiger partial charge in [0.05, 0.1) is 12.2 Å². The van der Waals surface area contributed by atoms with Crippen LogP contribution in [0.5, 0.6) is 0 Å². The van der Waals surface area contributed by atoms with Crippen molar-refractivity contribution >= 4 is 0 Å². The van der Waals surface area contributed by atoms with Crippen LogP contribution in [0.3, 0.4) is 0 Å². The van der Waals surface area contributed by atoms with E-state index in [2.05, 4.69) is 51.2 Å². The quantitative estimate of drug-likeness (QED) is 0.858. The zero-order valence-electron chi connectivity index (χ0n) is 13.5. The first-order valence-corrected chi connectivity index (χ1v) is 7.96. The number of aryl methyl sites for hydroxylation is 2. The number of fused-ring (bicyclic) bond motifs is 1. The number of ether oxygens (including phenoxy) is 1. The van der Waals surface area contributed by atoms with Gasteiger partial charge in [0.15, 0.2) is 0 Å². The number of likely N-dealkylation sites (N-methyl/N-ethyl adjacent to an activating group) is 1. The second-order valence-electron chi connectivity index (χ2n) is 6.84. The molecule has 1 aromatic rings. The predicted octanol–water partition coefficient (Wildman–Crippen LogP) is 3.51. The highest BCUT2D eigenvalue weighted by molar-refractivity contribution is 5.35. The summed E-state index contributed by atoms with van der Waals surface area (Å²) >= 11 is 0. The smallest absolute Gasteiger partial charge is 0.0629 e. The highest BCUT2D eigenvalue weighted by Crippen LogP contribution is 2.23. The third-order valence-corrected chi connectivity index (χ3v) is 3.86. The van der Waals surface area contributed by atoms with E-state index in [9.17, 15) is 0 Å². The van der Waals surface area contributed by atoms with E-state index in [-0.39, 0.29) is 5.60 Å². The van der Waals surface area contributed by atoms with E-state index in [0.717, 1.165) is 19.6 Å². The van der Waals surface area contributed by atoms with Gasteiger partial charge in [0.2, 0.25) is 0 Å². The molecule has 0 aromatic heterocycles. The van der Waals surface area contributed by atoms with Crippen molar-refractivity contribution in [3.8, 4) is 0 Å². The molecule has 1 N–H and O–H groups in total. The van der Waals surface area contributed by atoms with Gasteiger partial charge >= 0.3 is 0 Å². The summed E-state index contributed by atoms with van der Waals surface area (Å²) in [6.45, 7) is 10.3. The van der Waals surface area contributed by atoms with Gasteiger partial charge in [-0.05, 0) is 69.7 Å². The van der Waals surface area contributed by atoms with E-state index in [1.165, 1.54) is 24.8 Å². The van der Waals surface area contributed by atoms with E-state index in [4.69, 9.17) is 4.74 Å². The van der Waals surface area contributed by atoms with Gasteiger partial charge in [0.25, 0.3) is 0 Å². The Kier molecular flexibility index (Phi) is 5.22. The van der Waals surface area contributed by atoms with Gasteiger partial charge in [0.1, 0.15) is 0 Å². The summed E-state index contributed by atoms with van der Waals surface area (Å²) in [4.78, 5) is 0. The molecule has 0 amide bonds. The molecule has 1 aromatic carbocycles. The van der Waals surface area contributed by atoms with Gasteiger partial charge < -0.3 is 10.1 Å². The van der Waals surface area contributed by atoms with E-state index in [1.54, 1.807) is 11.1 Å². The van der Waals surface area contributed by atoms with Crippen molar-refractivity contribution in [2.75, 3.05) is 13.2 Å². The monoisotopic (exact) mass is 275 g/mol. The zero-order chi connectivity index (χ0) is 14.6. The van der Waals surface area contributed by atoms with E-state index in [0.29, 0.717) is 6.04 Å². The molecule has 2 rings (SSSR count). The zero-order valence-corrected chi connectivity index (χ0v) is 13.5.